The van der Waals surface area contributed by atoms with Crippen LogP contribution in [0.2, 0.25) is 5.02 Å². The molecule has 0 radical (unpaired) electrons. The molecule has 18 heavy (non-hydrogen) atoms. The van der Waals surface area contributed by atoms with Crippen LogP contribution in [0.15, 0.2) is 18.2 Å². The number of thiophene rings is 1. The van der Waals surface area contributed by atoms with Crippen molar-refractivity contribution in [1.29, 1.82) is 0 Å². The lowest BCUT2D eigenvalue weighted by atomic mass is 10.1. The Morgan fingerprint density at radius 3 is 2.33 bits per heavy atom. The zero-order valence-corrected chi connectivity index (χ0v) is 11.5. The highest BCUT2D eigenvalue weighted by Gasteiger charge is 2.18. The number of rotatable bonds is 2. The van der Waals surface area contributed by atoms with Gasteiger partial charge in [0.05, 0.1) is 6.04 Å². The summed E-state index contributed by atoms with van der Waals surface area (Å²) in [6.07, 6.45) is 0. The van der Waals surface area contributed by atoms with Gasteiger partial charge in [-0.25, -0.2) is 8.78 Å². The lowest BCUT2D eigenvalue weighted by Crippen LogP contribution is -2.11. The molecule has 0 saturated heterocycles. The highest BCUT2D eigenvalue weighted by Crippen LogP contribution is 2.33. The molecule has 0 amide bonds. The van der Waals surface area contributed by atoms with Crippen molar-refractivity contribution >= 4 is 22.9 Å². The molecule has 96 valence electrons. The second-order valence-corrected chi connectivity index (χ2v) is 5.85. The lowest BCUT2D eigenvalue weighted by molar-refractivity contribution is 0.506. The van der Waals surface area contributed by atoms with Gasteiger partial charge in [-0.2, -0.15) is 0 Å². The van der Waals surface area contributed by atoms with E-state index in [9.17, 15) is 8.78 Å². The predicted molar refractivity (Wildman–Crippen MR) is 71.2 cm³/mol. The summed E-state index contributed by atoms with van der Waals surface area (Å²) in [7, 11) is 0. The van der Waals surface area contributed by atoms with Crippen molar-refractivity contribution in [1.82, 2.24) is 0 Å². The number of nitrogens with two attached hydrogens (primary N) is 1. The van der Waals surface area contributed by atoms with E-state index < -0.39 is 17.7 Å². The summed E-state index contributed by atoms with van der Waals surface area (Å²) in [6, 6.07) is 3.43. The summed E-state index contributed by atoms with van der Waals surface area (Å²) in [5, 5.41) is 0.144. The minimum absolute atomic E-state index is 0.144. The van der Waals surface area contributed by atoms with Gasteiger partial charge in [0, 0.05) is 14.8 Å². The van der Waals surface area contributed by atoms with Crippen LogP contribution < -0.4 is 5.73 Å². The van der Waals surface area contributed by atoms with Crippen molar-refractivity contribution in [2.24, 2.45) is 5.73 Å². The minimum atomic E-state index is -0.963. The highest BCUT2D eigenvalue weighted by molar-refractivity contribution is 7.12. The highest BCUT2D eigenvalue weighted by atomic mass is 35.5. The predicted octanol–water partition coefficient (Wildman–Crippen LogP) is 4.34. The van der Waals surface area contributed by atoms with E-state index in [0.717, 1.165) is 27.5 Å². The second kappa shape index (κ2) is 4.96. The maximum absolute atomic E-state index is 13.2. The number of aryl methyl sites for hydroxylation is 2. The van der Waals surface area contributed by atoms with Gasteiger partial charge in [0.15, 0.2) is 11.6 Å². The van der Waals surface area contributed by atoms with E-state index in [-0.39, 0.29) is 5.02 Å². The number of hydrogen-bond donors (Lipinski definition) is 1. The van der Waals surface area contributed by atoms with Crippen LogP contribution in [0.3, 0.4) is 0 Å². The zero-order chi connectivity index (χ0) is 13.4. The molecule has 0 fully saturated rings. The van der Waals surface area contributed by atoms with Crippen LogP contribution in [0.1, 0.15) is 26.9 Å². The fraction of sp³-hybridized carbons (Fsp3) is 0.231. The first-order chi connectivity index (χ1) is 8.40. The van der Waals surface area contributed by atoms with Gasteiger partial charge in [-0.3, -0.25) is 0 Å². The molecule has 0 aliphatic carbocycles. The van der Waals surface area contributed by atoms with Crippen LogP contribution in [-0.2, 0) is 0 Å². The molecule has 1 nitrogen and oxygen atoms in total. The molecule has 0 spiro atoms. The van der Waals surface area contributed by atoms with Gasteiger partial charge in [-0.1, -0.05) is 11.6 Å². The van der Waals surface area contributed by atoms with E-state index in [1.807, 2.05) is 19.9 Å². The molecule has 2 N–H and O–H groups in total. The van der Waals surface area contributed by atoms with Crippen molar-refractivity contribution < 1.29 is 8.78 Å². The first-order valence-corrected chi connectivity index (χ1v) is 6.56. The van der Waals surface area contributed by atoms with Gasteiger partial charge >= 0.3 is 0 Å². The maximum atomic E-state index is 13.2. The molecule has 5 heteroatoms. The molecule has 0 aliphatic rings. The molecule has 1 aromatic carbocycles. The van der Waals surface area contributed by atoms with Crippen molar-refractivity contribution in [3.8, 4) is 0 Å². The smallest absolute Gasteiger partial charge is 0.160 e. The molecule has 1 heterocycles. The van der Waals surface area contributed by atoms with Crippen LogP contribution in [0.5, 0.6) is 0 Å². The summed E-state index contributed by atoms with van der Waals surface area (Å²) in [5.41, 5.74) is 7.58. The molecule has 2 aromatic rings. The molecule has 2 rings (SSSR count). The number of benzene rings is 1. The van der Waals surface area contributed by atoms with Gasteiger partial charge in [-0.15, -0.1) is 11.3 Å². The summed E-state index contributed by atoms with van der Waals surface area (Å²) < 4.78 is 26.2. The number of halogens is 3. The summed E-state index contributed by atoms with van der Waals surface area (Å²) in [5.74, 6) is -1.90. The molecule has 0 bridgehead atoms. The average molecular weight is 288 g/mol. The summed E-state index contributed by atoms with van der Waals surface area (Å²) in [6.45, 7) is 3.97. The first-order valence-electron chi connectivity index (χ1n) is 5.37. The third-order valence-corrected chi connectivity index (χ3v) is 4.43. The van der Waals surface area contributed by atoms with Gasteiger partial charge < -0.3 is 5.73 Å². The Kier molecular flexibility index (Phi) is 3.71. The Bertz CT molecular complexity index is 575. The Labute approximate surface area is 113 Å². The zero-order valence-electron chi connectivity index (χ0n) is 9.93. The Morgan fingerprint density at radius 2 is 1.78 bits per heavy atom. The molecule has 1 unspecified atom stereocenters. The van der Waals surface area contributed by atoms with E-state index in [0.29, 0.717) is 5.56 Å². The molecule has 0 saturated carbocycles. The van der Waals surface area contributed by atoms with Crippen LogP contribution in [0, 0.1) is 25.5 Å². The van der Waals surface area contributed by atoms with Crippen LogP contribution in [0.25, 0.3) is 0 Å². The fourth-order valence-electron chi connectivity index (χ4n) is 1.68. The largest absolute Gasteiger partial charge is 0.320 e. The van der Waals surface area contributed by atoms with Gasteiger partial charge in [0.1, 0.15) is 0 Å². The van der Waals surface area contributed by atoms with Crippen molar-refractivity contribution in [2.45, 2.75) is 19.9 Å². The van der Waals surface area contributed by atoms with E-state index >= 15 is 0 Å². The molecule has 0 aliphatic heterocycles. The van der Waals surface area contributed by atoms with E-state index in [2.05, 4.69) is 0 Å². The Morgan fingerprint density at radius 1 is 1.17 bits per heavy atom. The van der Waals surface area contributed by atoms with Crippen LogP contribution >= 0.6 is 22.9 Å². The van der Waals surface area contributed by atoms with Gasteiger partial charge in [0.25, 0.3) is 0 Å². The normalized spacial score (nSPS) is 12.8. The quantitative estimate of drug-likeness (QED) is 0.817. The van der Waals surface area contributed by atoms with Crippen LogP contribution in [0.4, 0.5) is 8.78 Å². The van der Waals surface area contributed by atoms with E-state index in [4.69, 9.17) is 17.3 Å². The fourth-order valence-corrected chi connectivity index (χ4v) is 3.02. The van der Waals surface area contributed by atoms with E-state index in [1.165, 1.54) is 11.3 Å². The van der Waals surface area contributed by atoms with Crippen molar-refractivity contribution in [3.05, 3.63) is 55.7 Å². The third kappa shape index (κ3) is 2.41. The van der Waals surface area contributed by atoms with Crippen molar-refractivity contribution in [3.63, 3.8) is 0 Å². The Balaban J connectivity index is 2.45. The Hall–Kier alpha value is -0.970. The molecular weight excluding hydrogens is 276 g/mol. The van der Waals surface area contributed by atoms with E-state index in [1.54, 1.807) is 0 Å². The molecular formula is C13H12ClF2NS. The standard InChI is InChI=1S/C13H12ClF2NS/c1-6-3-12(18-7(6)2)13(17)8-4-10(15)11(16)5-9(8)14/h3-5,13H,17H2,1-2H3. The third-order valence-electron chi connectivity index (χ3n) is 2.87. The molecule has 1 aromatic heterocycles. The second-order valence-electron chi connectivity index (χ2n) is 4.15. The lowest BCUT2D eigenvalue weighted by Gasteiger charge is -2.12. The minimum Gasteiger partial charge on any atom is -0.320 e. The summed E-state index contributed by atoms with van der Waals surface area (Å²) >= 11 is 7.45. The van der Waals surface area contributed by atoms with Gasteiger partial charge in [-0.05, 0) is 43.2 Å². The van der Waals surface area contributed by atoms with Crippen molar-refractivity contribution in [2.75, 3.05) is 0 Å². The SMILES string of the molecule is Cc1cc(C(N)c2cc(F)c(F)cc2Cl)sc1C. The first kappa shape index (κ1) is 13.5. The molecule has 1 atom stereocenters. The maximum Gasteiger partial charge on any atom is 0.160 e. The average Bonchev–Trinajstić information content (AvgIpc) is 2.63. The topological polar surface area (TPSA) is 26.0 Å². The summed E-state index contributed by atoms with van der Waals surface area (Å²) in [4.78, 5) is 2.04. The van der Waals surface area contributed by atoms with Gasteiger partial charge in [0.2, 0.25) is 0 Å². The number of hydrogen-bond acceptors (Lipinski definition) is 2. The monoisotopic (exact) mass is 287 g/mol. The van der Waals surface area contributed by atoms with Crippen LogP contribution in [-0.4, -0.2) is 0 Å².